The van der Waals surface area contributed by atoms with Crippen LogP contribution in [-0.4, -0.2) is 49.0 Å². The molecule has 2 aromatic rings. The lowest BCUT2D eigenvalue weighted by molar-refractivity contribution is 0.237. The van der Waals surface area contributed by atoms with Crippen molar-refractivity contribution in [2.45, 2.75) is 24.7 Å². The number of hydrogen-bond donors (Lipinski definition) is 0. The summed E-state index contributed by atoms with van der Waals surface area (Å²) in [5.74, 6) is 2.19. The predicted molar refractivity (Wildman–Crippen MR) is 97.7 cm³/mol. The maximum atomic E-state index is 5.54. The summed E-state index contributed by atoms with van der Waals surface area (Å²) in [7, 11) is 4.95. The lowest BCUT2D eigenvalue weighted by Gasteiger charge is -2.28. The first kappa shape index (κ1) is 17.8. The molecule has 3 rings (SSSR count). The highest BCUT2D eigenvalue weighted by atomic mass is 32.2. The molecule has 0 fully saturated rings. The molecular formula is C18H23N3O3S. The van der Waals surface area contributed by atoms with Crippen molar-refractivity contribution in [3.05, 3.63) is 35.2 Å². The minimum atomic E-state index is 0.671. The molecule has 0 radical (unpaired) electrons. The van der Waals surface area contributed by atoms with Gasteiger partial charge in [0.25, 0.3) is 0 Å². The predicted octanol–water partition coefficient (Wildman–Crippen LogP) is 2.78. The summed E-state index contributed by atoms with van der Waals surface area (Å²) >= 11 is 1.58. The fraction of sp³-hybridized carbons (Fsp3) is 0.444. The van der Waals surface area contributed by atoms with Gasteiger partial charge in [-0.1, -0.05) is 11.8 Å². The fourth-order valence-corrected chi connectivity index (χ4v) is 3.41. The minimum absolute atomic E-state index is 0.671. The van der Waals surface area contributed by atoms with Gasteiger partial charge in [-0.2, -0.15) is 0 Å². The largest absolute Gasteiger partial charge is 0.496 e. The molecule has 25 heavy (non-hydrogen) atoms. The summed E-state index contributed by atoms with van der Waals surface area (Å²) in [5.41, 5.74) is 3.43. The number of nitrogens with zero attached hydrogens (tertiary/aromatic N) is 3. The van der Waals surface area contributed by atoms with E-state index < -0.39 is 0 Å². The zero-order valence-corrected chi connectivity index (χ0v) is 15.9. The summed E-state index contributed by atoms with van der Waals surface area (Å²) in [6.45, 7) is 2.56. The Hall–Kier alpha value is -1.99. The van der Waals surface area contributed by atoms with Gasteiger partial charge >= 0.3 is 0 Å². The van der Waals surface area contributed by atoms with Gasteiger partial charge in [0.05, 0.1) is 27.0 Å². The third kappa shape index (κ3) is 3.82. The Kier molecular flexibility index (Phi) is 5.65. The van der Waals surface area contributed by atoms with Crippen molar-refractivity contribution >= 4 is 11.8 Å². The molecule has 0 amide bonds. The second kappa shape index (κ2) is 7.93. The minimum Gasteiger partial charge on any atom is -0.496 e. The molecule has 7 heteroatoms. The van der Waals surface area contributed by atoms with E-state index in [0.717, 1.165) is 48.2 Å². The summed E-state index contributed by atoms with van der Waals surface area (Å²) < 4.78 is 16.3. The quantitative estimate of drug-likeness (QED) is 0.579. The van der Waals surface area contributed by atoms with Crippen LogP contribution >= 0.6 is 11.8 Å². The van der Waals surface area contributed by atoms with E-state index in [1.165, 1.54) is 5.56 Å². The Morgan fingerprint density at radius 1 is 1.08 bits per heavy atom. The van der Waals surface area contributed by atoms with Crippen LogP contribution in [0.25, 0.3) is 0 Å². The van der Waals surface area contributed by atoms with Gasteiger partial charge in [-0.05, 0) is 12.3 Å². The Bertz CT molecular complexity index is 755. The first-order chi connectivity index (χ1) is 12.2. The van der Waals surface area contributed by atoms with Crippen LogP contribution in [0.2, 0.25) is 0 Å². The van der Waals surface area contributed by atoms with E-state index in [0.29, 0.717) is 11.5 Å². The molecule has 134 valence electrons. The monoisotopic (exact) mass is 361 g/mol. The number of hydrogen-bond acceptors (Lipinski definition) is 7. The summed E-state index contributed by atoms with van der Waals surface area (Å²) in [6.07, 6.45) is 4.88. The summed E-state index contributed by atoms with van der Waals surface area (Å²) in [5, 5.41) is 0.841. The lowest BCUT2D eigenvalue weighted by Crippen LogP contribution is -2.31. The fourth-order valence-electron chi connectivity index (χ4n) is 3.05. The number of thioether (sulfide) groups is 1. The Labute approximate surface area is 152 Å². The molecule has 0 unspecified atom stereocenters. The van der Waals surface area contributed by atoms with Crippen LogP contribution in [0.5, 0.6) is 17.2 Å². The van der Waals surface area contributed by atoms with Gasteiger partial charge in [0.2, 0.25) is 0 Å². The molecule has 0 atom stereocenters. The van der Waals surface area contributed by atoms with E-state index in [1.54, 1.807) is 33.1 Å². The standard InChI is InChI=1S/C18H23N3O3S/c1-22-15-8-17(24-3)16(23-2)7-12(15)10-21-6-5-14-13(11-21)9-19-18(20-14)25-4/h7-9H,5-6,10-11H2,1-4H3. The van der Waals surface area contributed by atoms with E-state index in [-0.39, 0.29) is 0 Å². The van der Waals surface area contributed by atoms with Crippen LogP contribution < -0.4 is 14.2 Å². The maximum Gasteiger partial charge on any atom is 0.187 e. The zero-order chi connectivity index (χ0) is 17.8. The van der Waals surface area contributed by atoms with Crippen molar-refractivity contribution in [2.24, 2.45) is 0 Å². The molecule has 1 aromatic carbocycles. The van der Waals surface area contributed by atoms with Crippen LogP contribution in [0.1, 0.15) is 16.8 Å². The molecule has 1 aromatic heterocycles. The van der Waals surface area contributed by atoms with Gasteiger partial charge in [-0.3, -0.25) is 4.90 Å². The van der Waals surface area contributed by atoms with Gasteiger partial charge < -0.3 is 14.2 Å². The molecule has 0 saturated heterocycles. The van der Waals surface area contributed by atoms with Crippen LogP contribution in [0.4, 0.5) is 0 Å². The van der Waals surface area contributed by atoms with E-state index in [4.69, 9.17) is 14.2 Å². The van der Waals surface area contributed by atoms with Crippen LogP contribution in [0, 0.1) is 0 Å². The van der Waals surface area contributed by atoms with Crippen molar-refractivity contribution in [3.63, 3.8) is 0 Å². The van der Waals surface area contributed by atoms with Crippen molar-refractivity contribution in [1.82, 2.24) is 14.9 Å². The van der Waals surface area contributed by atoms with E-state index >= 15 is 0 Å². The molecule has 6 nitrogen and oxygen atoms in total. The first-order valence-electron chi connectivity index (χ1n) is 8.08. The third-order valence-corrected chi connectivity index (χ3v) is 4.92. The van der Waals surface area contributed by atoms with E-state index in [2.05, 4.69) is 14.9 Å². The number of fused-ring (bicyclic) bond motifs is 1. The highest BCUT2D eigenvalue weighted by molar-refractivity contribution is 7.98. The maximum absolute atomic E-state index is 5.54. The highest BCUT2D eigenvalue weighted by Gasteiger charge is 2.21. The molecule has 0 spiro atoms. The van der Waals surface area contributed by atoms with Gasteiger partial charge in [-0.25, -0.2) is 9.97 Å². The molecule has 1 aliphatic heterocycles. The van der Waals surface area contributed by atoms with E-state index in [9.17, 15) is 0 Å². The van der Waals surface area contributed by atoms with Crippen molar-refractivity contribution in [1.29, 1.82) is 0 Å². The lowest BCUT2D eigenvalue weighted by atomic mass is 10.1. The number of aromatic nitrogens is 2. The van der Waals surface area contributed by atoms with Crippen LogP contribution in [0.3, 0.4) is 0 Å². The molecule has 0 bridgehead atoms. The third-order valence-electron chi connectivity index (χ3n) is 4.35. The Morgan fingerprint density at radius 2 is 1.80 bits per heavy atom. The number of ether oxygens (including phenoxy) is 3. The molecule has 0 saturated carbocycles. The van der Waals surface area contributed by atoms with Crippen LogP contribution in [0.15, 0.2) is 23.5 Å². The first-order valence-corrected chi connectivity index (χ1v) is 9.31. The van der Waals surface area contributed by atoms with Gasteiger partial charge in [-0.15, -0.1) is 0 Å². The SMILES string of the molecule is COc1cc(OC)c(OC)cc1CN1CCc2nc(SC)ncc2C1. The molecule has 0 N–H and O–H groups in total. The van der Waals surface area contributed by atoms with Crippen LogP contribution in [-0.2, 0) is 19.5 Å². The molecular weight excluding hydrogens is 338 g/mol. The van der Waals surface area contributed by atoms with Crippen molar-refractivity contribution in [2.75, 3.05) is 34.1 Å². The van der Waals surface area contributed by atoms with E-state index in [1.807, 2.05) is 24.6 Å². The normalized spacial score (nSPS) is 14.1. The molecule has 2 heterocycles. The Morgan fingerprint density at radius 3 is 2.48 bits per heavy atom. The second-order valence-corrected chi connectivity index (χ2v) is 6.58. The second-order valence-electron chi connectivity index (χ2n) is 5.81. The number of methoxy groups -OCH3 is 3. The summed E-state index contributed by atoms with van der Waals surface area (Å²) in [6, 6.07) is 3.86. The smallest absolute Gasteiger partial charge is 0.187 e. The number of rotatable bonds is 6. The average Bonchev–Trinajstić information content (AvgIpc) is 2.67. The van der Waals surface area contributed by atoms with Gasteiger partial charge in [0.15, 0.2) is 16.7 Å². The van der Waals surface area contributed by atoms with Crippen molar-refractivity contribution < 1.29 is 14.2 Å². The average molecular weight is 361 g/mol. The molecule has 1 aliphatic rings. The Balaban J connectivity index is 1.80. The zero-order valence-electron chi connectivity index (χ0n) is 15.0. The highest BCUT2D eigenvalue weighted by Crippen LogP contribution is 2.35. The van der Waals surface area contributed by atoms with Gasteiger partial charge in [0.1, 0.15) is 5.75 Å². The topological polar surface area (TPSA) is 56.7 Å². The summed E-state index contributed by atoms with van der Waals surface area (Å²) in [4.78, 5) is 11.4. The van der Waals surface area contributed by atoms with Gasteiger partial charge in [0, 0.05) is 49.4 Å². The molecule has 0 aliphatic carbocycles. The number of benzene rings is 1. The van der Waals surface area contributed by atoms with Crippen molar-refractivity contribution in [3.8, 4) is 17.2 Å².